The molecule has 1 aromatic carbocycles. The van der Waals surface area contributed by atoms with Gasteiger partial charge in [0.2, 0.25) is 0 Å². The third kappa shape index (κ3) is 6.65. The predicted molar refractivity (Wildman–Crippen MR) is 82.3 cm³/mol. The van der Waals surface area contributed by atoms with Gasteiger partial charge < -0.3 is 10.1 Å². The molecule has 1 N–H and O–H groups in total. The Morgan fingerprint density at radius 2 is 2.20 bits per heavy atom. The van der Waals surface area contributed by atoms with Crippen LogP contribution in [0.4, 0.5) is 4.79 Å². The quantitative estimate of drug-likeness (QED) is 0.674. The summed E-state index contributed by atoms with van der Waals surface area (Å²) in [6.07, 6.45) is 1.96. The molecule has 0 aliphatic carbocycles. The zero-order valence-electron chi connectivity index (χ0n) is 12.3. The average Bonchev–Trinajstić information content (AvgIpc) is 2.36. The first-order valence-electron chi connectivity index (χ1n) is 6.59. The van der Waals surface area contributed by atoms with Gasteiger partial charge in [0.05, 0.1) is 0 Å². The Labute approximate surface area is 121 Å². The number of alkyl carbamates (subject to hydrolysis) is 1. The third-order valence-corrected chi connectivity index (χ3v) is 2.27. The Balaban J connectivity index is 2.36. The normalized spacial score (nSPS) is 10.2. The minimum atomic E-state index is -0.471. The van der Waals surface area contributed by atoms with Gasteiger partial charge in [0.1, 0.15) is 5.60 Å². The van der Waals surface area contributed by atoms with Crippen LogP contribution >= 0.6 is 0 Å². The van der Waals surface area contributed by atoms with Crippen molar-refractivity contribution in [3.8, 4) is 11.8 Å². The zero-order chi connectivity index (χ0) is 15.0. The molecule has 3 nitrogen and oxygen atoms in total. The van der Waals surface area contributed by atoms with Gasteiger partial charge >= 0.3 is 6.09 Å². The van der Waals surface area contributed by atoms with Gasteiger partial charge in [-0.3, -0.25) is 0 Å². The predicted octanol–water partition coefficient (Wildman–Crippen LogP) is 3.60. The largest absolute Gasteiger partial charge is 0.444 e. The Morgan fingerprint density at radius 3 is 2.85 bits per heavy atom. The van der Waals surface area contributed by atoms with Crippen LogP contribution < -0.4 is 5.32 Å². The van der Waals surface area contributed by atoms with Crippen LogP contribution in [0.15, 0.2) is 30.8 Å². The first-order chi connectivity index (χ1) is 9.40. The van der Waals surface area contributed by atoms with Crippen molar-refractivity contribution < 1.29 is 9.53 Å². The number of hydrogen-bond acceptors (Lipinski definition) is 2. The van der Waals surface area contributed by atoms with Crippen LogP contribution in [0, 0.1) is 11.8 Å². The number of ether oxygens (including phenoxy) is 1. The van der Waals surface area contributed by atoms with E-state index in [1.165, 1.54) is 0 Å². The van der Waals surface area contributed by atoms with Gasteiger partial charge in [-0.1, -0.05) is 36.6 Å². The monoisotopic (exact) mass is 271 g/mol. The number of benzene rings is 1. The molecule has 0 radical (unpaired) electrons. The van der Waals surface area contributed by atoms with Crippen molar-refractivity contribution in [1.29, 1.82) is 0 Å². The van der Waals surface area contributed by atoms with Gasteiger partial charge in [-0.15, -0.1) is 0 Å². The SMILES string of the molecule is C=Cc1cccc(C#CCCNC(=O)OC(C)(C)C)c1. The summed E-state index contributed by atoms with van der Waals surface area (Å²) >= 11 is 0. The molecule has 1 aromatic rings. The van der Waals surface area contributed by atoms with E-state index >= 15 is 0 Å². The van der Waals surface area contributed by atoms with E-state index in [2.05, 4.69) is 23.7 Å². The van der Waals surface area contributed by atoms with Gasteiger partial charge in [0, 0.05) is 18.5 Å². The minimum Gasteiger partial charge on any atom is -0.444 e. The number of amides is 1. The molecule has 0 saturated heterocycles. The van der Waals surface area contributed by atoms with Crippen molar-refractivity contribution in [3.63, 3.8) is 0 Å². The second kappa shape index (κ2) is 7.40. The first-order valence-corrected chi connectivity index (χ1v) is 6.59. The second-order valence-corrected chi connectivity index (χ2v) is 5.31. The molecule has 1 amide bonds. The molecular formula is C17H21NO2. The highest BCUT2D eigenvalue weighted by molar-refractivity contribution is 5.67. The Bertz CT molecular complexity index is 530. The highest BCUT2D eigenvalue weighted by Crippen LogP contribution is 2.06. The van der Waals surface area contributed by atoms with E-state index < -0.39 is 11.7 Å². The molecule has 0 heterocycles. The van der Waals surface area contributed by atoms with Crippen LogP contribution in [-0.4, -0.2) is 18.2 Å². The van der Waals surface area contributed by atoms with E-state index in [1.54, 1.807) is 6.08 Å². The van der Waals surface area contributed by atoms with E-state index in [0.717, 1.165) is 11.1 Å². The molecule has 106 valence electrons. The van der Waals surface area contributed by atoms with Crippen molar-refractivity contribution in [1.82, 2.24) is 5.32 Å². The molecule has 20 heavy (non-hydrogen) atoms. The van der Waals surface area contributed by atoms with Crippen molar-refractivity contribution in [2.75, 3.05) is 6.54 Å². The lowest BCUT2D eigenvalue weighted by Crippen LogP contribution is -2.32. The highest BCUT2D eigenvalue weighted by atomic mass is 16.6. The fourth-order valence-corrected chi connectivity index (χ4v) is 1.45. The average molecular weight is 271 g/mol. The first kappa shape index (κ1) is 15.8. The lowest BCUT2D eigenvalue weighted by atomic mass is 10.1. The summed E-state index contributed by atoms with van der Waals surface area (Å²) in [4.78, 5) is 11.4. The second-order valence-electron chi connectivity index (χ2n) is 5.31. The van der Waals surface area contributed by atoms with Gasteiger partial charge in [-0.25, -0.2) is 4.79 Å². The maximum absolute atomic E-state index is 11.4. The number of hydrogen-bond donors (Lipinski definition) is 1. The summed E-state index contributed by atoms with van der Waals surface area (Å²) in [5.74, 6) is 6.07. The molecule has 0 atom stereocenters. The summed E-state index contributed by atoms with van der Waals surface area (Å²) in [6.45, 7) is 9.69. The summed E-state index contributed by atoms with van der Waals surface area (Å²) in [5, 5.41) is 2.67. The Morgan fingerprint density at radius 1 is 1.45 bits per heavy atom. The van der Waals surface area contributed by atoms with E-state index in [0.29, 0.717) is 13.0 Å². The van der Waals surface area contributed by atoms with Crippen molar-refractivity contribution in [3.05, 3.63) is 42.0 Å². The molecule has 0 aliphatic heterocycles. The maximum Gasteiger partial charge on any atom is 0.407 e. The lowest BCUT2D eigenvalue weighted by Gasteiger charge is -2.19. The smallest absolute Gasteiger partial charge is 0.407 e. The minimum absolute atomic E-state index is 0.409. The third-order valence-electron chi connectivity index (χ3n) is 2.27. The summed E-state index contributed by atoms with van der Waals surface area (Å²) in [5.41, 5.74) is 1.52. The van der Waals surface area contributed by atoms with Crippen LogP contribution in [0.5, 0.6) is 0 Å². The molecule has 3 heteroatoms. The summed E-state index contributed by atoms with van der Waals surface area (Å²) in [6, 6.07) is 7.84. The number of carbonyl (C=O) groups is 1. The molecule has 0 aliphatic rings. The van der Waals surface area contributed by atoms with Gasteiger partial charge in [-0.05, 0) is 38.5 Å². The van der Waals surface area contributed by atoms with Crippen LogP contribution in [0.3, 0.4) is 0 Å². The van der Waals surface area contributed by atoms with Gasteiger partial charge in [-0.2, -0.15) is 0 Å². The Kier molecular flexibility index (Phi) is 5.86. The highest BCUT2D eigenvalue weighted by Gasteiger charge is 2.15. The van der Waals surface area contributed by atoms with Gasteiger partial charge in [0.15, 0.2) is 0 Å². The van der Waals surface area contributed by atoms with E-state index in [-0.39, 0.29) is 0 Å². The van der Waals surface area contributed by atoms with Gasteiger partial charge in [0.25, 0.3) is 0 Å². The molecule has 0 fully saturated rings. The van der Waals surface area contributed by atoms with Crippen molar-refractivity contribution in [2.24, 2.45) is 0 Å². The lowest BCUT2D eigenvalue weighted by molar-refractivity contribution is 0.0529. The summed E-state index contributed by atoms with van der Waals surface area (Å²) in [7, 11) is 0. The fraction of sp³-hybridized carbons (Fsp3) is 0.353. The van der Waals surface area contributed by atoms with Crippen LogP contribution in [0.2, 0.25) is 0 Å². The fourth-order valence-electron chi connectivity index (χ4n) is 1.45. The number of carbonyl (C=O) groups excluding carboxylic acids is 1. The molecule has 0 spiro atoms. The van der Waals surface area contributed by atoms with Crippen LogP contribution in [-0.2, 0) is 4.74 Å². The number of nitrogens with one attached hydrogen (secondary N) is 1. The van der Waals surface area contributed by atoms with Crippen molar-refractivity contribution in [2.45, 2.75) is 32.8 Å². The molecule has 1 rings (SSSR count). The number of rotatable bonds is 3. The topological polar surface area (TPSA) is 38.3 Å². The zero-order valence-corrected chi connectivity index (χ0v) is 12.3. The summed E-state index contributed by atoms with van der Waals surface area (Å²) < 4.78 is 5.12. The maximum atomic E-state index is 11.4. The van der Waals surface area contributed by atoms with E-state index in [1.807, 2.05) is 45.0 Å². The van der Waals surface area contributed by atoms with E-state index in [4.69, 9.17) is 4.74 Å². The van der Waals surface area contributed by atoms with Crippen LogP contribution in [0.25, 0.3) is 6.08 Å². The molecule has 0 aromatic heterocycles. The Hall–Kier alpha value is -2.21. The van der Waals surface area contributed by atoms with E-state index in [9.17, 15) is 4.79 Å². The molecule has 0 bridgehead atoms. The molecular weight excluding hydrogens is 250 g/mol. The molecule has 0 saturated carbocycles. The standard InChI is InChI=1S/C17H21NO2/c1-5-14-10-8-11-15(13-14)9-6-7-12-18-16(19)20-17(2,3)4/h5,8,10-11,13H,1,7,12H2,2-4H3,(H,18,19). The van der Waals surface area contributed by atoms with Crippen LogP contribution in [0.1, 0.15) is 38.3 Å². The molecule has 0 unspecified atom stereocenters. The van der Waals surface area contributed by atoms with Crippen molar-refractivity contribution >= 4 is 12.2 Å².